The van der Waals surface area contributed by atoms with Crippen LogP contribution >= 0.6 is 11.8 Å². The van der Waals surface area contributed by atoms with Crippen molar-refractivity contribution in [3.05, 3.63) is 12.3 Å². The highest BCUT2D eigenvalue weighted by atomic mass is 32.2. The average molecular weight is 282 g/mol. The van der Waals surface area contributed by atoms with Gasteiger partial charge in [0.2, 0.25) is 5.91 Å². The second kappa shape index (κ2) is 5.75. The SMILES string of the molecule is CNC1C(=O)N(CC2CCSC2)CCC2C=COC21. The Morgan fingerprint density at radius 2 is 2.42 bits per heavy atom. The summed E-state index contributed by atoms with van der Waals surface area (Å²) >= 11 is 2.01. The van der Waals surface area contributed by atoms with Gasteiger partial charge in [-0.2, -0.15) is 11.8 Å². The zero-order valence-corrected chi connectivity index (χ0v) is 12.2. The van der Waals surface area contributed by atoms with Crippen molar-refractivity contribution in [3.63, 3.8) is 0 Å². The molecule has 0 aromatic carbocycles. The van der Waals surface area contributed by atoms with E-state index in [-0.39, 0.29) is 18.1 Å². The molecular weight excluding hydrogens is 260 g/mol. The Labute approximate surface area is 118 Å². The summed E-state index contributed by atoms with van der Waals surface area (Å²) in [5.41, 5.74) is 0. The van der Waals surface area contributed by atoms with E-state index in [2.05, 4.69) is 16.3 Å². The Bertz CT molecular complexity index is 368. The number of fused-ring (bicyclic) bond motifs is 1. The quantitative estimate of drug-likeness (QED) is 0.841. The maximum Gasteiger partial charge on any atom is 0.243 e. The Morgan fingerprint density at radius 1 is 1.53 bits per heavy atom. The van der Waals surface area contributed by atoms with Gasteiger partial charge in [-0.15, -0.1) is 0 Å². The first-order chi connectivity index (χ1) is 9.29. The van der Waals surface area contributed by atoms with E-state index in [1.165, 1.54) is 17.9 Å². The molecule has 19 heavy (non-hydrogen) atoms. The molecule has 3 rings (SSSR count). The topological polar surface area (TPSA) is 41.6 Å². The standard InChI is InChI=1S/C14H22N2O2S/c1-15-12-13-11(3-6-18-13)2-5-16(14(12)17)8-10-4-7-19-9-10/h3,6,10-13,15H,2,4-5,7-9H2,1H3. The van der Waals surface area contributed by atoms with Gasteiger partial charge in [0, 0.05) is 19.0 Å². The molecule has 0 radical (unpaired) electrons. The van der Waals surface area contributed by atoms with E-state index in [0.717, 1.165) is 19.5 Å². The van der Waals surface area contributed by atoms with E-state index >= 15 is 0 Å². The van der Waals surface area contributed by atoms with Crippen molar-refractivity contribution in [1.82, 2.24) is 10.2 Å². The molecule has 0 aliphatic carbocycles. The van der Waals surface area contributed by atoms with Crippen LogP contribution in [-0.4, -0.2) is 54.6 Å². The Hall–Kier alpha value is -0.680. The van der Waals surface area contributed by atoms with Gasteiger partial charge in [0.1, 0.15) is 12.1 Å². The summed E-state index contributed by atoms with van der Waals surface area (Å²) in [6.45, 7) is 1.79. The van der Waals surface area contributed by atoms with E-state index in [1.807, 2.05) is 18.8 Å². The third-order valence-corrected chi connectivity index (χ3v) is 5.67. The number of hydrogen-bond acceptors (Lipinski definition) is 4. The molecule has 4 atom stereocenters. The lowest BCUT2D eigenvalue weighted by Crippen LogP contribution is -2.51. The number of amides is 1. The van der Waals surface area contributed by atoms with Crippen LogP contribution < -0.4 is 5.32 Å². The van der Waals surface area contributed by atoms with Crippen molar-refractivity contribution in [1.29, 1.82) is 0 Å². The number of rotatable bonds is 3. The maximum absolute atomic E-state index is 12.7. The maximum atomic E-state index is 12.7. The minimum atomic E-state index is -0.198. The third-order valence-electron chi connectivity index (χ3n) is 4.44. The van der Waals surface area contributed by atoms with Crippen LogP contribution in [0.25, 0.3) is 0 Å². The summed E-state index contributed by atoms with van der Waals surface area (Å²) < 4.78 is 5.63. The molecule has 3 aliphatic heterocycles. The van der Waals surface area contributed by atoms with E-state index in [9.17, 15) is 4.79 Å². The van der Waals surface area contributed by atoms with Gasteiger partial charge < -0.3 is 15.0 Å². The van der Waals surface area contributed by atoms with Gasteiger partial charge in [0.25, 0.3) is 0 Å². The van der Waals surface area contributed by atoms with Crippen LogP contribution in [0.1, 0.15) is 12.8 Å². The van der Waals surface area contributed by atoms with Crippen molar-refractivity contribution in [2.45, 2.75) is 25.0 Å². The van der Waals surface area contributed by atoms with Crippen LogP contribution in [0.4, 0.5) is 0 Å². The van der Waals surface area contributed by atoms with E-state index in [4.69, 9.17) is 4.74 Å². The summed E-state index contributed by atoms with van der Waals surface area (Å²) in [7, 11) is 1.86. The van der Waals surface area contributed by atoms with Crippen LogP contribution in [0.2, 0.25) is 0 Å². The Balaban J connectivity index is 1.70. The second-order valence-corrected chi connectivity index (χ2v) is 6.81. The molecule has 3 heterocycles. The predicted molar refractivity (Wildman–Crippen MR) is 77.0 cm³/mol. The molecular formula is C14H22N2O2S. The van der Waals surface area contributed by atoms with Crippen molar-refractivity contribution in [3.8, 4) is 0 Å². The van der Waals surface area contributed by atoms with Gasteiger partial charge in [0.05, 0.1) is 6.26 Å². The van der Waals surface area contributed by atoms with Crippen molar-refractivity contribution >= 4 is 17.7 Å². The number of ether oxygens (including phenoxy) is 1. The molecule has 1 N–H and O–H groups in total. The zero-order chi connectivity index (χ0) is 13.2. The first kappa shape index (κ1) is 13.3. The molecule has 4 nitrogen and oxygen atoms in total. The van der Waals surface area contributed by atoms with Gasteiger partial charge in [-0.05, 0) is 43.4 Å². The fourth-order valence-electron chi connectivity index (χ4n) is 3.29. The predicted octanol–water partition coefficient (Wildman–Crippen LogP) is 1.09. The highest BCUT2D eigenvalue weighted by Crippen LogP contribution is 2.30. The normalized spacial score (nSPS) is 38.2. The molecule has 3 aliphatic rings. The summed E-state index contributed by atoms with van der Waals surface area (Å²) in [5, 5.41) is 3.16. The fraction of sp³-hybridized carbons (Fsp3) is 0.786. The molecule has 2 saturated heterocycles. The van der Waals surface area contributed by atoms with Crippen molar-refractivity contribution in [2.24, 2.45) is 11.8 Å². The second-order valence-electron chi connectivity index (χ2n) is 5.66. The first-order valence-electron chi connectivity index (χ1n) is 7.15. The van der Waals surface area contributed by atoms with Gasteiger partial charge >= 0.3 is 0 Å². The monoisotopic (exact) mass is 282 g/mol. The van der Waals surface area contributed by atoms with E-state index < -0.39 is 0 Å². The molecule has 0 aromatic rings. The summed E-state index contributed by atoms with van der Waals surface area (Å²) in [6, 6.07) is -0.198. The lowest BCUT2D eigenvalue weighted by atomic mass is 9.96. The summed E-state index contributed by atoms with van der Waals surface area (Å²) in [4.78, 5) is 14.7. The van der Waals surface area contributed by atoms with Crippen LogP contribution in [0, 0.1) is 11.8 Å². The Morgan fingerprint density at radius 3 is 3.16 bits per heavy atom. The molecule has 5 heteroatoms. The third kappa shape index (κ3) is 2.63. The van der Waals surface area contributed by atoms with Crippen molar-refractivity contribution in [2.75, 3.05) is 31.6 Å². The summed E-state index contributed by atoms with van der Waals surface area (Å²) in [6.07, 6.45) is 6.13. The van der Waals surface area contributed by atoms with Gasteiger partial charge in [0.15, 0.2) is 0 Å². The molecule has 2 fully saturated rings. The first-order valence-corrected chi connectivity index (χ1v) is 8.31. The smallest absolute Gasteiger partial charge is 0.243 e. The summed E-state index contributed by atoms with van der Waals surface area (Å²) in [5.74, 6) is 3.73. The van der Waals surface area contributed by atoms with E-state index in [1.54, 1.807) is 6.26 Å². The average Bonchev–Trinajstić information content (AvgIpc) is 3.04. The molecule has 0 aromatic heterocycles. The highest BCUT2D eigenvalue weighted by Gasteiger charge is 2.41. The van der Waals surface area contributed by atoms with Gasteiger partial charge in [-0.3, -0.25) is 4.79 Å². The van der Waals surface area contributed by atoms with Crippen LogP contribution in [-0.2, 0) is 9.53 Å². The number of carbonyl (C=O) groups excluding carboxylic acids is 1. The van der Waals surface area contributed by atoms with Crippen molar-refractivity contribution < 1.29 is 9.53 Å². The van der Waals surface area contributed by atoms with Gasteiger partial charge in [-0.1, -0.05) is 0 Å². The molecule has 4 unspecified atom stereocenters. The molecule has 0 bridgehead atoms. The van der Waals surface area contributed by atoms with Gasteiger partial charge in [-0.25, -0.2) is 0 Å². The molecule has 106 valence electrons. The number of hydrogen-bond donors (Lipinski definition) is 1. The number of likely N-dealkylation sites (tertiary alicyclic amines) is 1. The number of likely N-dealkylation sites (N-methyl/N-ethyl adjacent to an activating group) is 1. The van der Waals surface area contributed by atoms with Crippen LogP contribution in [0.5, 0.6) is 0 Å². The number of thioether (sulfide) groups is 1. The number of nitrogens with zero attached hydrogens (tertiary/aromatic N) is 1. The molecule has 1 amide bonds. The lowest BCUT2D eigenvalue weighted by molar-refractivity contribution is -0.135. The molecule has 0 saturated carbocycles. The number of nitrogens with one attached hydrogen (secondary N) is 1. The fourth-order valence-corrected chi connectivity index (χ4v) is 4.57. The molecule has 0 spiro atoms. The highest BCUT2D eigenvalue weighted by molar-refractivity contribution is 7.99. The van der Waals surface area contributed by atoms with Crippen LogP contribution in [0.3, 0.4) is 0 Å². The minimum absolute atomic E-state index is 0.0135. The number of carbonyl (C=O) groups is 1. The van der Waals surface area contributed by atoms with E-state index in [0.29, 0.717) is 11.8 Å². The minimum Gasteiger partial charge on any atom is -0.496 e. The zero-order valence-electron chi connectivity index (χ0n) is 11.4. The van der Waals surface area contributed by atoms with Crippen LogP contribution in [0.15, 0.2) is 12.3 Å². The Kier molecular flexibility index (Phi) is 4.03. The largest absolute Gasteiger partial charge is 0.496 e. The lowest BCUT2D eigenvalue weighted by Gasteiger charge is -2.28.